The summed E-state index contributed by atoms with van der Waals surface area (Å²) in [6, 6.07) is 6.14. The lowest BCUT2D eigenvalue weighted by atomic mass is 9.86. The number of aliphatic hydroxyl groups excluding tert-OH is 1. The van der Waals surface area contributed by atoms with Gasteiger partial charge in [-0.3, -0.25) is 0 Å². The summed E-state index contributed by atoms with van der Waals surface area (Å²) in [7, 11) is 0. The lowest BCUT2D eigenvalue weighted by molar-refractivity contribution is 0.265. The second kappa shape index (κ2) is 5.10. The van der Waals surface area contributed by atoms with Gasteiger partial charge in [-0.1, -0.05) is 22.0 Å². The fourth-order valence-electron chi connectivity index (χ4n) is 1.79. The fourth-order valence-corrected chi connectivity index (χ4v) is 2.15. The first kappa shape index (κ1) is 12.7. The molecular formula is C12H18BrNO. The van der Waals surface area contributed by atoms with Crippen molar-refractivity contribution >= 4 is 15.9 Å². The van der Waals surface area contributed by atoms with Gasteiger partial charge in [0.15, 0.2) is 0 Å². The van der Waals surface area contributed by atoms with E-state index in [0.717, 1.165) is 22.9 Å². The quantitative estimate of drug-likeness (QED) is 0.885. The van der Waals surface area contributed by atoms with Gasteiger partial charge in [-0.05, 0) is 49.9 Å². The molecule has 1 rings (SSSR count). The van der Waals surface area contributed by atoms with Crippen molar-refractivity contribution in [3.63, 3.8) is 0 Å². The molecule has 1 aromatic rings. The second-order valence-electron chi connectivity index (χ2n) is 4.20. The van der Waals surface area contributed by atoms with E-state index in [2.05, 4.69) is 35.0 Å². The maximum Gasteiger partial charge on any atom is 0.0431 e. The molecule has 0 radical (unpaired) electrons. The van der Waals surface area contributed by atoms with Crippen LogP contribution in [0.1, 0.15) is 30.9 Å². The number of aryl methyl sites for hydroxylation is 1. The minimum absolute atomic E-state index is 0.194. The van der Waals surface area contributed by atoms with Crippen LogP contribution in [0.4, 0.5) is 0 Å². The van der Waals surface area contributed by atoms with Crippen LogP contribution in [0, 0.1) is 6.92 Å². The smallest absolute Gasteiger partial charge is 0.0431 e. The number of rotatable bonds is 4. The number of aliphatic hydroxyl groups is 1. The summed E-state index contributed by atoms with van der Waals surface area (Å²) in [5.74, 6) is 0. The van der Waals surface area contributed by atoms with Gasteiger partial charge in [-0.2, -0.15) is 0 Å². The van der Waals surface area contributed by atoms with E-state index in [0.29, 0.717) is 0 Å². The Morgan fingerprint density at radius 1 is 1.47 bits per heavy atom. The zero-order chi connectivity index (χ0) is 11.5. The predicted octanol–water partition coefficient (Wildman–Crippen LogP) is 2.70. The average Bonchev–Trinajstić information content (AvgIpc) is 2.18. The summed E-state index contributed by atoms with van der Waals surface area (Å²) in [4.78, 5) is 0. The van der Waals surface area contributed by atoms with Crippen molar-refractivity contribution < 1.29 is 5.11 Å². The van der Waals surface area contributed by atoms with E-state index in [9.17, 15) is 0 Å². The Morgan fingerprint density at radius 2 is 2.13 bits per heavy atom. The lowest BCUT2D eigenvalue weighted by Crippen LogP contribution is -2.34. The first-order chi connectivity index (χ1) is 6.97. The highest BCUT2D eigenvalue weighted by Gasteiger charge is 2.22. The van der Waals surface area contributed by atoms with Crippen molar-refractivity contribution in [2.45, 2.75) is 32.2 Å². The van der Waals surface area contributed by atoms with E-state index in [-0.39, 0.29) is 12.1 Å². The third-order valence-electron chi connectivity index (χ3n) is 2.67. The van der Waals surface area contributed by atoms with Crippen LogP contribution in [0.5, 0.6) is 0 Å². The molecule has 0 heterocycles. The van der Waals surface area contributed by atoms with Crippen LogP contribution < -0.4 is 5.73 Å². The monoisotopic (exact) mass is 271 g/mol. The molecular weight excluding hydrogens is 254 g/mol. The highest BCUT2D eigenvalue weighted by molar-refractivity contribution is 9.10. The van der Waals surface area contributed by atoms with E-state index < -0.39 is 0 Å². The molecule has 0 saturated carbocycles. The average molecular weight is 272 g/mol. The van der Waals surface area contributed by atoms with Crippen LogP contribution in [-0.2, 0) is 5.54 Å². The fraction of sp³-hybridized carbons (Fsp3) is 0.500. The predicted molar refractivity (Wildman–Crippen MR) is 66.7 cm³/mol. The van der Waals surface area contributed by atoms with Crippen LogP contribution in [0.25, 0.3) is 0 Å². The molecule has 1 unspecified atom stereocenters. The van der Waals surface area contributed by atoms with Gasteiger partial charge < -0.3 is 10.8 Å². The van der Waals surface area contributed by atoms with Gasteiger partial charge in [-0.15, -0.1) is 0 Å². The molecule has 3 heteroatoms. The van der Waals surface area contributed by atoms with E-state index in [1.807, 2.05) is 13.0 Å². The molecule has 0 aromatic heterocycles. The molecule has 0 aliphatic heterocycles. The Hall–Kier alpha value is -0.380. The van der Waals surface area contributed by atoms with Crippen LogP contribution in [-0.4, -0.2) is 11.7 Å². The van der Waals surface area contributed by atoms with E-state index in [1.165, 1.54) is 5.56 Å². The van der Waals surface area contributed by atoms with E-state index in [4.69, 9.17) is 10.8 Å². The van der Waals surface area contributed by atoms with Gasteiger partial charge in [-0.25, -0.2) is 0 Å². The van der Waals surface area contributed by atoms with Crippen molar-refractivity contribution in [3.8, 4) is 0 Å². The largest absolute Gasteiger partial charge is 0.396 e. The van der Waals surface area contributed by atoms with Crippen LogP contribution >= 0.6 is 15.9 Å². The number of hydrogen-bond acceptors (Lipinski definition) is 2. The first-order valence-corrected chi connectivity index (χ1v) is 5.93. The van der Waals surface area contributed by atoms with Gasteiger partial charge in [0.25, 0.3) is 0 Å². The Balaban J connectivity index is 2.97. The number of hydrogen-bond donors (Lipinski definition) is 2. The Kier molecular flexibility index (Phi) is 4.32. The molecule has 0 saturated heterocycles. The Labute approximate surface area is 99.6 Å². The van der Waals surface area contributed by atoms with E-state index in [1.54, 1.807) is 0 Å². The minimum Gasteiger partial charge on any atom is -0.396 e. The molecule has 2 nitrogen and oxygen atoms in total. The molecule has 1 aromatic carbocycles. The highest BCUT2D eigenvalue weighted by atomic mass is 79.9. The zero-order valence-corrected chi connectivity index (χ0v) is 10.8. The summed E-state index contributed by atoms with van der Waals surface area (Å²) >= 11 is 3.45. The standard InChI is InChI=1S/C12H18BrNO/c1-9-4-5-10(13)8-11(9)12(2,14)6-3-7-15/h4-5,8,15H,3,6-7,14H2,1-2H3. The summed E-state index contributed by atoms with van der Waals surface area (Å²) in [5, 5.41) is 8.84. The zero-order valence-electron chi connectivity index (χ0n) is 9.26. The van der Waals surface area contributed by atoms with Crippen molar-refractivity contribution in [2.75, 3.05) is 6.61 Å². The normalized spacial score (nSPS) is 15.0. The van der Waals surface area contributed by atoms with Crippen molar-refractivity contribution in [1.82, 2.24) is 0 Å². The van der Waals surface area contributed by atoms with Gasteiger partial charge >= 0.3 is 0 Å². The Bertz CT molecular complexity index is 336. The first-order valence-electron chi connectivity index (χ1n) is 5.14. The van der Waals surface area contributed by atoms with Crippen molar-refractivity contribution in [2.24, 2.45) is 5.73 Å². The van der Waals surface area contributed by atoms with Gasteiger partial charge in [0, 0.05) is 16.6 Å². The second-order valence-corrected chi connectivity index (χ2v) is 5.12. The third kappa shape index (κ3) is 3.30. The molecule has 0 aliphatic rings. The van der Waals surface area contributed by atoms with Crippen molar-refractivity contribution in [3.05, 3.63) is 33.8 Å². The Morgan fingerprint density at radius 3 is 2.73 bits per heavy atom. The maximum absolute atomic E-state index is 8.84. The third-order valence-corrected chi connectivity index (χ3v) is 3.16. The molecule has 1 atom stereocenters. The van der Waals surface area contributed by atoms with Crippen LogP contribution in [0.2, 0.25) is 0 Å². The summed E-state index contributed by atoms with van der Waals surface area (Å²) in [5.41, 5.74) is 8.24. The molecule has 0 bridgehead atoms. The highest BCUT2D eigenvalue weighted by Crippen LogP contribution is 2.28. The number of halogens is 1. The molecule has 84 valence electrons. The van der Waals surface area contributed by atoms with Gasteiger partial charge in [0.1, 0.15) is 0 Å². The van der Waals surface area contributed by atoms with Crippen LogP contribution in [0.15, 0.2) is 22.7 Å². The molecule has 0 aliphatic carbocycles. The van der Waals surface area contributed by atoms with Gasteiger partial charge in [0.2, 0.25) is 0 Å². The van der Waals surface area contributed by atoms with Gasteiger partial charge in [0.05, 0.1) is 0 Å². The molecule has 0 spiro atoms. The SMILES string of the molecule is Cc1ccc(Br)cc1C(C)(N)CCCO. The molecule has 0 fully saturated rings. The summed E-state index contributed by atoms with van der Waals surface area (Å²) in [6.45, 7) is 4.27. The topological polar surface area (TPSA) is 46.2 Å². The lowest BCUT2D eigenvalue weighted by Gasteiger charge is -2.27. The minimum atomic E-state index is -0.364. The number of benzene rings is 1. The number of nitrogens with two attached hydrogens (primary N) is 1. The molecule has 15 heavy (non-hydrogen) atoms. The van der Waals surface area contributed by atoms with Crippen molar-refractivity contribution in [1.29, 1.82) is 0 Å². The maximum atomic E-state index is 8.84. The summed E-state index contributed by atoms with van der Waals surface area (Å²) in [6.07, 6.45) is 1.53. The van der Waals surface area contributed by atoms with Crippen LogP contribution in [0.3, 0.4) is 0 Å². The van der Waals surface area contributed by atoms with E-state index >= 15 is 0 Å². The molecule has 3 N–H and O–H groups in total. The summed E-state index contributed by atoms with van der Waals surface area (Å²) < 4.78 is 1.05. The molecule has 0 amide bonds.